The van der Waals surface area contributed by atoms with Crippen molar-refractivity contribution in [2.75, 3.05) is 25.0 Å². The predicted molar refractivity (Wildman–Crippen MR) is 153 cm³/mol. The van der Waals surface area contributed by atoms with Crippen molar-refractivity contribution in [2.24, 2.45) is 5.92 Å². The molecule has 10 heteroatoms. The SMILES string of the molecule is Bc1cnn2c(NCC3CCCN(S(=O)(=O)c4c(C)cc(C)cc4C)C3)cc(C3=CCCC=C3Cl)nc12. The molecule has 1 fully saturated rings. The number of allylic oxidation sites excluding steroid dienone is 4. The first-order valence-corrected chi connectivity index (χ1v) is 14.7. The summed E-state index contributed by atoms with van der Waals surface area (Å²) in [7, 11) is -1.57. The summed E-state index contributed by atoms with van der Waals surface area (Å²) in [4.78, 5) is 5.29. The minimum atomic E-state index is -3.57. The minimum absolute atomic E-state index is 0.176. The van der Waals surface area contributed by atoms with Gasteiger partial charge in [-0.05, 0) is 69.0 Å². The van der Waals surface area contributed by atoms with Crippen molar-refractivity contribution in [1.82, 2.24) is 18.9 Å². The van der Waals surface area contributed by atoms with Crippen LogP contribution in [0, 0.1) is 26.7 Å². The van der Waals surface area contributed by atoms with Gasteiger partial charge in [-0.1, -0.05) is 41.4 Å². The van der Waals surface area contributed by atoms with Gasteiger partial charge in [0.05, 0.1) is 10.6 Å². The Labute approximate surface area is 225 Å². The Morgan fingerprint density at radius 1 is 1.14 bits per heavy atom. The van der Waals surface area contributed by atoms with Crippen LogP contribution in [0.5, 0.6) is 0 Å². The zero-order chi connectivity index (χ0) is 26.3. The maximum atomic E-state index is 13.6. The minimum Gasteiger partial charge on any atom is -0.370 e. The standard InChI is InChI=1S/C27H33BClN5O2S/c1-17-11-18(2)26(19(3)12-17)37(35,36)33-10-6-7-20(16-33)14-30-25-13-24(21-8-4-5-9-23(21)29)32-27-22(28)15-31-34(25)27/h8-9,11-13,15,20,30H,4-7,10,14,16,28H2,1-3H3. The summed E-state index contributed by atoms with van der Waals surface area (Å²) < 4.78 is 30.8. The molecule has 1 aromatic carbocycles. The largest absolute Gasteiger partial charge is 0.370 e. The van der Waals surface area contributed by atoms with Gasteiger partial charge in [-0.3, -0.25) is 0 Å². The van der Waals surface area contributed by atoms with Crippen molar-refractivity contribution >= 4 is 52.0 Å². The molecule has 1 N–H and O–H groups in total. The van der Waals surface area contributed by atoms with Crippen LogP contribution in [0.4, 0.5) is 5.82 Å². The van der Waals surface area contributed by atoms with Crippen molar-refractivity contribution in [2.45, 2.75) is 51.3 Å². The molecule has 1 aliphatic heterocycles. The maximum Gasteiger partial charge on any atom is 0.243 e. The molecular weight excluding hydrogens is 505 g/mol. The number of piperidine rings is 1. The van der Waals surface area contributed by atoms with E-state index >= 15 is 0 Å². The lowest BCUT2D eigenvalue weighted by Gasteiger charge is -2.33. The van der Waals surface area contributed by atoms with Gasteiger partial charge in [0.15, 0.2) is 5.65 Å². The highest BCUT2D eigenvalue weighted by molar-refractivity contribution is 7.89. The molecule has 194 valence electrons. The molecule has 1 unspecified atom stereocenters. The number of rotatable bonds is 6. The number of benzene rings is 1. The lowest BCUT2D eigenvalue weighted by molar-refractivity contribution is 0.275. The molecule has 0 amide bonds. The smallest absolute Gasteiger partial charge is 0.243 e. The Morgan fingerprint density at radius 2 is 1.86 bits per heavy atom. The second-order valence-corrected chi connectivity index (χ2v) is 12.6. The Kier molecular flexibility index (Phi) is 7.22. The summed E-state index contributed by atoms with van der Waals surface area (Å²) in [5.41, 5.74) is 6.23. The summed E-state index contributed by atoms with van der Waals surface area (Å²) in [5, 5.41) is 8.81. The van der Waals surface area contributed by atoms with Crippen molar-refractivity contribution < 1.29 is 8.42 Å². The number of halogens is 1. The van der Waals surface area contributed by atoms with E-state index in [1.165, 1.54) is 0 Å². The zero-order valence-electron chi connectivity index (χ0n) is 21.9. The average Bonchev–Trinajstić information content (AvgIpc) is 3.23. The van der Waals surface area contributed by atoms with E-state index in [-0.39, 0.29) is 5.92 Å². The first kappa shape index (κ1) is 26.0. The molecule has 5 rings (SSSR count). The average molecular weight is 538 g/mol. The fourth-order valence-corrected chi connectivity index (χ4v) is 7.82. The summed E-state index contributed by atoms with van der Waals surface area (Å²) in [6.07, 6.45) is 9.65. The van der Waals surface area contributed by atoms with Crippen LogP contribution in [0.25, 0.3) is 11.2 Å². The van der Waals surface area contributed by atoms with Crippen LogP contribution in [0.15, 0.2) is 46.5 Å². The molecule has 7 nitrogen and oxygen atoms in total. The van der Waals surface area contributed by atoms with E-state index in [0.717, 1.165) is 75.6 Å². The molecule has 1 aliphatic carbocycles. The molecule has 0 spiro atoms. The van der Waals surface area contributed by atoms with Crippen LogP contribution in [0.1, 0.15) is 48.1 Å². The van der Waals surface area contributed by atoms with Crippen LogP contribution in [0.2, 0.25) is 0 Å². The molecule has 0 bridgehead atoms. The third-order valence-electron chi connectivity index (χ3n) is 7.28. The summed E-state index contributed by atoms with van der Waals surface area (Å²) in [5.74, 6) is 1.00. The topological polar surface area (TPSA) is 79.6 Å². The highest BCUT2D eigenvalue weighted by Gasteiger charge is 2.32. The molecule has 0 saturated carbocycles. The number of anilines is 1. The molecular formula is C27H33BClN5O2S. The number of aromatic nitrogens is 3. The first-order chi connectivity index (χ1) is 17.6. The van der Waals surface area contributed by atoms with Crippen molar-refractivity contribution in [3.05, 3.63) is 64.0 Å². The van der Waals surface area contributed by atoms with E-state index < -0.39 is 10.0 Å². The second kappa shape index (κ2) is 10.3. The van der Waals surface area contributed by atoms with E-state index in [4.69, 9.17) is 16.6 Å². The Balaban J connectivity index is 1.38. The lowest BCUT2D eigenvalue weighted by atomic mass is 9.99. The van der Waals surface area contributed by atoms with Crippen molar-refractivity contribution in [3.8, 4) is 0 Å². The quantitative estimate of drug-likeness (QED) is 0.485. The lowest BCUT2D eigenvalue weighted by Crippen LogP contribution is -2.42. The molecule has 0 radical (unpaired) electrons. The molecule has 37 heavy (non-hydrogen) atoms. The molecule has 3 aromatic rings. The van der Waals surface area contributed by atoms with Gasteiger partial charge >= 0.3 is 0 Å². The number of hydrogen-bond donors (Lipinski definition) is 1. The van der Waals surface area contributed by atoms with Gasteiger partial charge < -0.3 is 5.32 Å². The normalized spacial score (nSPS) is 19.1. The van der Waals surface area contributed by atoms with Gasteiger partial charge in [-0.2, -0.15) is 13.9 Å². The molecule has 1 atom stereocenters. The highest BCUT2D eigenvalue weighted by Crippen LogP contribution is 2.32. The monoisotopic (exact) mass is 537 g/mol. The second-order valence-electron chi connectivity index (χ2n) is 10.3. The summed E-state index contributed by atoms with van der Waals surface area (Å²) in [6, 6.07) is 5.89. The van der Waals surface area contributed by atoms with E-state index in [2.05, 4.69) is 16.5 Å². The Hall–Kier alpha value is -2.62. The Morgan fingerprint density at radius 3 is 2.59 bits per heavy atom. The van der Waals surface area contributed by atoms with Gasteiger partial charge in [-0.25, -0.2) is 13.4 Å². The van der Waals surface area contributed by atoms with Crippen molar-refractivity contribution in [3.63, 3.8) is 0 Å². The van der Waals surface area contributed by atoms with Crippen LogP contribution in [-0.4, -0.2) is 54.8 Å². The third kappa shape index (κ3) is 5.09. The number of nitrogens with zero attached hydrogens (tertiary/aromatic N) is 4. The van der Waals surface area contributed by atoms with Crippen LogP contribution < -0.4 is 10.8 Å². The van der Waals surface area contributed by atoms with Crippen LogP contribution in [-0.2, 0) is 10.0 Å². The van der Waals surface area contributed by atoms with Crippen molar-refractivity contribution in [1.29, 1.82) is 0 Å². The molecule has 2 aromatic heterocycles. The van der Waals surface area contributed by atoms with Crippen LogP contribution in [0.3, 0.4) is 0 Å². The molecule has 3 heterocycles. The van der Waals surface area contributed by atoms with Gasteiger partial charge in [0.1, 0.15) is 13.7 Å². The number of nitrogens with one attached hydrogen (secondary N) is 1. The fraction of sp³-hybridized carbons (Fsp3) is 0.407. The summed E-state index contributed by atoms with van der Waals surface area (Å²) >= 11 is 6.52. The fourth-order valence-electron chi connectivity index (χ4n) is 5.57. The highest BCUT2D eigenvalue weighted by atomic mass is 35.5. The number of fused-ring (bicyclic) bond motifs is 1. The van der Waals surface area contributed by atoms with E-state index in [1.807, 2.05) is 63.6 Å². The number of aryl methyl sites for hydroxylation is 3. The Bertz CT molecular complexity index is 1510. The number of hydrogen-bond acceptors (Lipinski definition) is 5. The van der Waals surface area contributed by atoms with E-state index in [9.17, 15) is 8.42 Å². The summed E-state index contributed by atoms with van der Waals surface area (Å²) in [6.45, 7) is 7.44. The van der Waals surface area contributed by atoms with E-state index in [0.29, 0.717) is 24.5 Å². The number of sulfonamides is 1. The van der Waals surface area contributed by atoms with Crippen LogP contribution >= 0.6 is 11.6 Å². The van der Waals surface area contributed by atoms with Gasteiger partial charge in [0.25, 0.3) is 0 Å². The van der Waals surface area contributed by atoms with Gasteiger partial charge in [-0.15, -0.1) is 0 Å². The van der Waals surface area contributed by atoms with E-state index in [1.54, 1.807) is 4.31 Å². The third-order valence-corrected chi connectivity index (χ3v) is 9.81. The maximum absolute atomic E-state index is 13.6. The molecule has 1 saturated heterocycles. The zero-order valence-corrected chi connectivity index (χ0v) is 23.5. The van der Waals surface area contributed by atoms with Gasteiger partial charge in [0, 0.05) is 42.5 Å². The molecule has 2 aliphatic rings. The first-order valence-electron chi connectivity index (χ1n) is 12.9. The predicted octanol–water partition coefficient (Wildman–Crippen LogP) is 3.73. The van der Waals surface area contributed by atoms with Gasteiger partial charge in [0.2, 0.25) is 10.0 Å².